The molecular weight excluding hydrogens is 216 g/mol. The molecule has 2 aromatic heterocycles. The Morgan fingerprint density at radius 2 is 2.06 bits per heavy atom. The van der Waals surface area contributed by atoms with Gasteiger partial charge in [0.1, 0.15) is 11.8 Å². The number of hydrogen-bond donors (Lipinski definition) is 2. The molecule has 0 radical (unpaired) electrons. The second-order valence-electron chi connectivity index (χ2n) is 3.76. The lowest BCUT2D eigenvalue weighted by molar-refractivity contribution is 0.215. The molecule has 2 N–H and O–H groups in total. The predicted molar refractivity (Wildman–Crippen MR) is 62.2 cm³/mol. The number of nitrogens with zero attached hydrogens (tertiary/aromatic N) is 3. The van der Waals surface area contributed by atoms with Gasteiger partial charge in [-0.2, -0.15) is 15.4 Å². The summed E-state index contributed by atoms with van der Waals surface area (Å²) in [6, 6.07) is 9.67. The molecule has 3 aromatic rings. The van der Waals surface area contributed by atoms with E-state index in [0.717, 1.165) is 10.9 Å². The van der Waals surface area contributed by atoms with Crippen molar-refractivity contribution in [3.8, 4) is 0 Å². The maximum absolute atomic E-state index is 10.1. The zero-order valence-corrected chi connectivity index (χ0v) is 8.91. The highest BCUT2D eigenvalue weighted by Crippen LogP contribution is 2.21. The van der Waals surface area contributed by atoms with Crippen molar-refractivity contribution < 1.29 is 5.11 Å². The van der Waals surface area contributed by atoms with Gasteiger partial charge in [0.15, 0.2) is 0 Å². The first-order chi connectivity index (χ1) is 8.34. The summed E-state index contributed by atoms with van der Waals surface area (Å²) < 4.78 is 0. The highest BCUT2D eigenvalue weighted by atomic mass is 16.3. The molecule has 5 heteroatoms. The normalized spacial score (nSPS) is 12.8. The van der Waals surface area contributed by atoms with E-state index in [1.165, 1.54) is 6.20 Å². The summed E-state index contributed by atoms with van der Waals surface area (Å²) in [5, 5.41) is 21.1. The molecule has 5 nitrogen and oxygen atoms in total. The molecule has 0 aliphatic rings. The van der Waals surface area contributed by atoms with Gasteiger partial charge in [-0.15, -0.1) is 0 Å². The molecule has 1 unspecified atom stereocenters. The van der Waals surface area contributed by atoms with Gasteiger partial charge in [-0.1, -0.05) is 18.2 Å². The number of H-pyrrole nitrogens is 1. The van der Waals surface area contributed by atoms with Crippen LogP contribution in [0.5, 0.6) is 0 Å². The Hall–Kier alpha value is -2.27. The number of aliphatic hydroxyl groups excluding tert-OH is 1. The molecule has 0 aliphatic carbocycles. The third-order valence-corrected chi connectivity index (χ3v) is 2.64. The fourth-order valence-corrected chi connectivity index (χ4v) is 1.75. The van der Waals surface area contributed by atoms with Gasteiger partial charge in [0.2, 0.25) is 0 Å². The van der Waals surface area contributed by atoms with Crippen LogP contribution >= 0.6 is 0 Å². The lowest BCUT2D eigenvalue weighted by atomic mass is 10.1. The van der Waals surface area contributed by atoms with Gasteiger partial charge in [0, 0.05) is 17.1 Å². The summed E-state index contributed by atoms with van der Waals surface area (Å²) >= 11 is 0. The van der Waals surface area contributed by atoms with E-state index >= 15 is 0 Å². The Kier molecular flexibility index (Phi) is 2.31. The van der Waals surface area contributed by atoms with Crippen LogP contribution in [0.25, 0.3) is 10.9 Å². The van der Waals surface area contributed by atoms with Crippen LogP contribution in [-0.2, 0) is 0 Å². The van der Waals surface area contributed by atoms with Gasteiger partial charge >= 0.3 is 0 Å². The molecule has 0 amide bonds. The number of fused-ring (bicyclic) bond motifs is 1. The van der Waals surface area contributed by atoms with E-state index in [1.807, 2.05) is 30.3 Å². The number of para-hydroxylation sites is 1. The fraction of sp³-hybridized carbons (Fsp3) is 0.0833. The minimum Gasteiger partial charge on any atom is -0.382 e. The maximum atomic E-state index is 10.1. The minimum absolute atomic E-state index is 0.488. The summed E-state index contributed by atoms with van der Waals surface area (Å²) in [4.78, 5) is 4.29. The predicted octanol–water partition coefficient (Wildman–Crippen LogP) is 1.43. The average molecular weight is 226 g/mol. The second kappa shape index (κ2) is 3.95. The molecule has 1 aromatic carbocycles. The number of aromatic nitrogens is 4. The lowest BCUT2D eigenvalue weighted by Gasteiger charge is -2.07. The molecule has 0 saturated carbocycles. The van der Waals surface area contributed by atoms with Crippen LogP contribution in [0.4, 0.5) is 0 Å². The van der Waals surface area contributed by atoms with Gasteiger partial charge < -0.3 is 5.11 Å². The summed E-state index contributed by atoms with van der Waals surface area (Å²) in [5.74, 6) is 0. The lowest BCUT2D eigenvalue weighted by Crippen LogP contribution is -2.00. The summed E-state index contributed by atoms with van der Waals surface area (Å²) in [6.45, 7) is 0. The van der Waals surface area contributed by atoms with Crippen molar-refractivity contribution >= 4 is 10.9 Å². The number of hydrogen-bond acceptors (Lipinski definition) is 4. The van der Waals surface area contributed by atoms with Crippen LogP contribution in [0, 0.1) is 0 Å². The van der Waals surface area contributed by atoms with Crippen molar-refractivity contribution in [2.24, 2.45) is 0 Å². The molecule has 0 spiro atoms. The van der Waals surface area contributed by atoms with E-state index in [9.17, 15) is 5.11 Å². The van der Waals surface area contributed by atoms with Gasteiger partial charge in [0.25, 0.3) is 0 Å². The standard InChI is InChI=1S/C12H10N4O/c17-12(11-7-14-16-15-11)9-5-8-3-1-2-4-10(8)13-6-9/h1-7,12,17H,(H,14,15,16). The highest BCUT2D eigenvalue weighted by Gasteiger charge is 2.13. The zero-order chi connectivity index (χ0) is 11.7. The molecule has 17 heavy (non-hydrogen) atoms. The third-order valence-electron chi connectivity index (χ3n) is 2.64. The van der Waals surface area contributed by atoms with Crippen LogP contribution in [0.1, 0.15) is 17.4 Å². The Labute approximate surface area is 97.1 Å². The Bertz CT molecular complexity index is 636. The average Bonchev–Trinajstić information content (AvgIpc) is 2.91. The smallest absolute Gasteiger partial charge is 0.126 e. The van der Waals surface area contributed by atoms with Crippen molar-refractivity contribution in [1.82, 2.24) is 20.4 Å². The monoisotopic (exact) mass is 226 g/mol. The van der Waals surface area contributed by atoms with Gasteiger partial charge in [-0.25, -0.2) is 0 Å². The van der Waals surface area contributed by atoms with Gasteiger partial charge in [-0.05, 0) is 12.1 Å². The maximum Gasteiger partial charge on any atom is 0.126 e. The van der Waals surface area contributed by atoms with Crippen LogP contribution in [0.2, 0.25) is 0 Å². The number of benzene rings is 1. The van der Waals surface area contributed by atoms with Crippen molar-refractivity contribution in [3.05, 3.63) is 54.0 Å². The van der Waals surface area contributed by atoms with Gasteiger partial charge in [-0.3, -0.25) is 4.98 Å². The number of nitrogens with one attached hydrogen (secondary N) is 1. The topological polar surface area (TPSA) is 74.7 Å². The number of pyridine rings is 1. The van der Waals surface area contributed by atoms with Crippen molar-refractivity contribution in [3.63, 3.8) is 0 Å². The molecule has 0 fully saturated rings. The number of aliphatic hydroxyl groups is 1. The van der Waals surface area contributed by atoms with Crippen LogP contribution < -0.4 is 0 Å². The largest absolute Gasteiger partial charge is 0.382 e. The third kappa shape index (κ3) is 1.76. The first-order valence-electron chi connectivity index (χ1n) is 5.23. The molecule has 1 atom stereocenters. The minimum atomic E-state index is -0.800. The van der Waals surface area contributed by atoms with Crippen LogP contribution in [-0.4, -0.2) is 25.5 Å². The number of aromatic amines is 1. The van der Waals surface area contributed by atoms with E-state index in [0.29, 0.717) is 11.3 Å². The molecule has 2 heterocycles. The van der Waals surface area contributed by atoms with Crippen molar-refractivity contribution in [2.75, 3.05) is 0 Å². The van der Waals surface area contributed by atoms with Crippen LogP contribution in [0.3, 0.4) is 0 Å². The molecular formula is C12H10N4O. The summed E-state index contributed by atoms with van der Waals surface area (Å²) in [6.07, 6.45) is 2.35. The van der Waals surface area contributed by atoms with E-state index < -0.39 is 6.10 Å². The molecule has 84 valence electrons. The molecule has 0 aliphatic heterocycles. The van der Waals surface area contributed by atoms with E-state index in [2.05, 4.69) is 20.4 Å². The second-order valence-corrected chi connectivity index (χ2v) is 3.76. The summed E-state index contributed by atoms with van der Waals surface area (Å²) in [7, 11) is 0. The molecule has 0 bridgehead atoms. The quantitative estimate of drug-likeness (QED) is 0.693. The Balaban J connectivity index is 2.06. The first-order valence-corrected chi connectivity index (χ1v) is 5.23. The van der Waals surface area contributed by atoms with E-state index in [1.54, 1.807) is 6.20 Å². The van der Waals surface area contributed by atoms with Crippen molar-refractivity contribution in [2.45, 2.75) is 6.10 Å². The highest BCUT2D eigenvalue weighted by molar-refractivity contribution is 5.78. The number of rotatable bonds is 2. The van der Waals surface area contributed by atoms with E-state index in [-0.39, 0.29) is 0 Å². The summed E-state index contributed by atoms with van der Waals surface area (Å²) in [5.41, 5.74) is 2.10. The van der Waals surface area contributed by atoms with E-state index in [4.69, 9.17) is 0 Å². The zero-order valence-electron chi connectivity index (χ0n) is 8.91. The SMILES string of the molecule is OC(c1cnc2ccccc2c1)c1cn[nH]n1. The molecule has 3 rings (SSSR count). The van der Waals surface area contributed by atoms with Crippen LogP contribution in [0.15, 0.2) is 42.7 Å². The van der Waals surface area contributed by atoms with Crippen molar-refractivity contribution in [1.29, 1.82) is 0 Å². The Morgan fingerprint density at radius 3 is 2.88 bits per heavy atom. The Morgan fingerprint density at radius 1 is 1.18 bits per heavy atom. The first kappa shape index (κ1) is 9.92. The molecule has 0 saturated heterocycles. The fourth-order valence-electron chi connectivity index (χ4n) is 1.75. The van der Waals surface area contributed by atoms with Gasteiger partial charge in [0.05, 0.1) is 11.7 Å².